The molecule has 1 aromatic heterocycles. The van der Waals surface area contributed by atoms with Gasteiger partial charge < -0.3 is 15.0 Å². The summed E-state index contributed by atoms with van der Waals surface area (Å²) in [7, 11) is 6.00. The van der Waals surface area contributed by atoms with Gasteiger partial charge in [0, 0.05) is 18.5 Å². The van der Waals surface area contributed by atoms with Crippen molar-refractivity contribution < 1.29 is 4.74 Å². The van der Waals surface area contributed by atoms with E-state index in [4.69, 9.17) is 4.74 Å². The molecule has 114 valence electrons. The molecule has 1 heterocycles. The van der Waals surface area contributed by atoms with Gasteiger partial charge in [0.2, 0.25) is 0 Å². The largest absolute Gasteiger partial charge is 0.383 e. The lowest BCUT2D eigenvalue weighted by Gasteiger charge is -2.27. The molecule has 0 aliphatic carbocycles. The minimum atomic E-state index is 0.221. The van der Waals surface area contributed by atoms with E-state index in [9.17, 15) is 0 Å². The highest BCUT2D eigenvalue weighted by Gasteiger charge is 2.18. The summed E-state index contributed by atoms with van der Waals surface area (Å²) < 4.78 is 5.37. The van der Waals surface area contributed by atoms with Crippen LogP contribution in [0.1, 0.15) is 22.5 Å². The van der Waals surface area contributed by atoms with Crippen LogP contribution in [0.5, 0.6) is 0 Å². The lowest BCUT2D eigenvalue weighted by atomic mass is 10.1. The summed E-state index contributed by atoms with van der Waals surface area (Å²) >= 11 is 1.81. The number of likely N-dealkylation sites (N-methyl/N-ethyl adjacent to an activating group) is 1. The Morgan fingerprint density at radius 3 is 2.48 bits per heavy atom. The molecule has 0 aliphatic heterocycles. The highest BCUT2D eigenvalue weighted by atomic mass is 32.1. The second-order valence-electron chi connectivity index (χ2n) is 5.32. The molecular formula is C17H24N2OS. The first-order chi connectivity index (χ1) is 10.2. The Balaban J connectivity index is 2.03. The molecule has 2 rings (SSSR count). The Morgan fingerprint density at radius 1 is 1.14 bits per heavy atom. The maximum absolute atomic E-state index is 5.37. The lowest BCUT2D eigenvalue weighted by Crippen LogP contribution is -2.34. The van der Waals surface area contributed by atoms with Crippen LogP contribution in [0.25, 0.3) is 0 Å². The second kappa shape index (κ2) is 8.29. The fourth-order valence-corrected chi connectivity index (χ4v) is 3.32. The van der Waals surface area contributed by atoms with E-state index >= 15 is 0 Å². The van der Waals surface area contributed by atoms with Crippen molar-refractivity contribution in [3.05, 3.63) is 58.3 Å². The highest BCUT2D eigenvalue weighted by Crippen LogP contribution is 2.23. The zero-order valence-corrected chi connectivity index (χ0v) is 13.8. The number of methoxy groups -OCH3 is 1. The Hall–Kier alpha value is -1.20. The first kappa shape index (κ1) is 16.2. The van der Waals surface area contributed by atoms with Crippen LogP contribution in [0.15, 0.2) is 47.8 Å². The fourth-order valence-electron chi connectivity index (χ4n) is 2.40. The molecule has 0 aliphatic rings. The predicted molar refractivity (Wildman–Crippen MR) is 89.8 cm³/mol. The van der Waals surface area contributed by atoms with Crippen molar-refractivity contribution in [1.29, 1.82) is 0 Å². The summed E-state index contributed by atoms with van der Waals surface area (Å²) in [6, 6.07) is 15.4. The van der Waals surface area contributed by atoms with E-state index in [2.05, 4.69) is 66.1 Å². The minimum Gasteiger partial charge on any atom is -0.383 e. The molecule has 0 saturated heterocycles. The van der Waals surface area contributed by atoms with Crippen LogP contribution in [-0.4, -0.2) is 39.3 Å². The number of ether oxygens (including phenoxy) is 1. The molecule has 0 fully saturated rings. The molecular weight excluding hydrogens is 280 g/mol. The van der Waals surface area contributed by atoms with Gasteiger partial charge in [-0.1, -0.05) is 36.4 Å². The van der Waals surface area contributed by atoms with E-state index in [-0.39, 0.29) is 6.04 Å². The zero-order chi connectivity index (χ0) is 15.1. The standard InChI is InChI=1S/C17H24N2OS/c1-19(2)16(17-10-7-11-21-17)12-18-15(13-20-3)14-8-5-4-6-9-14/h4-11,15-16,18H,12-13H2,1-3H3. The van der Waals surface area contributed by atoms with Crippen LogP contribution in [0.2, 0.25) is 0 Å². The Morgan fingerprint density at radius 2 is 1.90 bits per heavy atom. The molecule has 1 N–H and O–H groups in total. The summed E-state index contributed by atoms with van der Waals surface area (Å²) in [5.74, 6) is 0. The molecule has 2 unspecified atom stereocenters. The van der Waals surface area contributed by atoms with Gasteiger partial charge in [-0.3, -0.25) is 0 Å². The molecule has 2 atom stereocenters. The van der Waals surface area contributed by atoms with Crippen molar-refractivity contribution in [2.75, 3.05) is 34.4 Å². The van der Waals surface area contributed by atoms with Gasteiger partial charge in [-0.15, -0.1) is 11.3 Å². The van der Waals surface area contributed by atoms with Gasteiger partial charge in [0.25, 0.3) is 0 Å². The van der Waals surface area contributed by atoms with Crippen molar-refractivity contribution in [1.82, 2.24) is 10.2 Å². The Kier molecular flexibility index (Phi) is 6.39. The van der Waals surface area contributed by atoms with Crippen LogP contribution in [0.3, 0.4) is 0 Å². The highest BCUT2D eigenvalue weighted by molar-refractivity contribution is 7.10. The van der Waals surface area contributed by atoms with Crippen molar-refractivity contribution in [2.45, 2.75) is 12.1 Å². The predicted octanol–water partition coefficient (Wildman–Crippen LogP) is 3.33. The SMILES string of the molecule is COCC(NCC(c1cccs1)N(C)C)c1ccccc1. The van der Waals surface area contributed by atoms with Gasteiger partial charge in [0.15, 0.2) is 0 Å². The molecule has 2 aromatic rings. The normalized spacial score (nSPS) is 14.3. The number of rotatable bonds is 8. The summed E-state index contributed by atoms with van der Waals surface area (Å²) in [6.45, 7) is 1.57. The molecule has 0 bridgehead atoms. The van der Waals surface area contributed by atoms with E-state index < -0.39 is 0 Å². The number of hydrogen-bond acceptors (Lipinski definition) is 4. The van der Waals surface area contributed by atoms with Crippen LogP contribution in [0, 0.1) is 0 Å². The number of nitrogens with one attached hydrogen (secondary N) is 1. The van der Waals surface area contributed by atoms with Gasteiger partial charge in [-0.2, -0.15) is 0 Å². The molecule has 0 amide bonds. The molecule has 0 spiro atoms. The van der Waals surface area contributed by atoms with Gasteiger partial charge in [0.05, 0.1) is 18.7 Å². The summed E-state index contributed by atoms with van der Waals surface area (Å²) in [5.41, 5.74) is 1.27. The van der Waals surface area contributed by atoms with Crippen LogP contribution >= 0.6 is 11.3 Å². The number of nitrogens with zero attached hydrogens (tertiary/aromatic N) is 1. The summed E-state index contributed by atoms with van der Waals surface area (Å²) in [5, 5.41) is 5.78. The average Bonchev–Trinajstić information content (AvgIpc) is 3.01. The number of benzene rings is 1. The molecule has 4 heteroatoms. The quantitative estimate of drug-likeness (QED) is 0.809. The smallest absolute Gasteiger partial charge is 0.0657 e. The average molecular weight is 304 g/mol. The molecule has 1 aromatic carbocycles. The van der Waals surface area contributed by atoms with Crippen molar-refractivity contribution in [3.8, 4) is 0 Å². The maximum atomic E-state index is 5.37. The van der Waals surface area contributed by atoms with E-state index in [1.807, 2.05) is 17.4 Å². The molecule has 21 heavy (non-hydrogen) atoms. The third kappa shape index (κ3) is 4.64. The third-order valence-corrected chi connectivity index (χ3v) is 4.56. The first-order valence-corrected chi connectivity index (χ1v) is 8.07. The maximum Gasteiger partial charge on any atom is 0.0657 e. The number of hydrogen-bond donors (Lipinski definition) is 1. The Bertz CT molecular complexity index is 499. The Labute approximate surface area is 131 Å². The van der Waals surface area contributed by atoms with Crippen molar-refractivity contribution >= 4 is 11.3 Å². The van der Waals surface area contributed by atoms with Crippen LogP contribution in [-0.2, 0) is 4.74 Å². The zero-order valence-electron chi connectivity index (χ0n) is 13.0. The van der Waals surface area contributed by atoms with Crippen LogP contribution < -0.4 is 5.32 Å². The molecule has 0 saturated carbocycles. The van der Waals surface area contributed by atoms with E-state index in [0.717, 1.165) is 6.54 Å². The second-order valence-corrected chi connectivity index (χ2v) is 6.30. The molecule has 3 nitrogen and oxygen atoms in total. The summed E-state index contributed by atoms with van der Waals surface area (Å²) in [6.07, 6.45) is 0. The van der Waals surface area contributed by atoms with Crippen molar-refractivity contribution in [3.63, 3.8) is 0 Å². The van der Waals surface area contributed by atoms with Crippen LogP contribution in [0.4, 0.5) is 0 Å². The van der Waals surface area contributed by atoms with E-state index in [1.165, 1.54) is 10.4 Å². The monoisotopic (exact) mass is 304 g/mol. The van der Waals surface area contributed by atoms with Gasteiger partial charge >= 0.3 is 0 Å². The molecule has 0 radical (unpaired) electrons. The van der Waals surface area contributed by atoms with E-state index in [1.54, 1.807) is 7.11 Å². The summed E-state index contributed by atoms with van der Waals surface area (Å²) in [4.78, 5) is 3.64. The van der Waals surface area contributed by atoms with E-state index in [0.29, 0.717) is 12.6 Å². The van der Waals surface area contributed by atoms with Gasteiger partial charge in [0.1, 0.15) is 0 Å². The lowest BCUT2D eigenvalue weighted by molar-refractivity contribution is 0.161. The fraction of sp³-hybridized carbons (Fsp3) is 0.412. The third-order valence-electron chi connectivity index (χ3n) is 3.59. The van der Waals surface area contributed by atoms with Gasteiger partial charge in [-0.05, 0) is 31.1 Å². The minimum absolute atomic E-state index is 0.221. The number of thiophene rings is 1. The van der Waals surface area contributed by atoms with Crippen molar-refractivity contribution in [2.24, 2.45) is 0 Å². The van der Waals surface area contributed by atoms with Gasteiger partial charge in [-0.25, -0.2) is 0 Å². The topological polar surface area (TPSA) is 24.5 Å². The first-order valence-electron chi connectivity index (χ1n) is 7.19.